The summed E-state index contributed by atoms with van der Waals surface area (Å²) in [7, 11) is 4.06. The largest absolute Gasteiger partial charge is 0.378 e. The van der Waals surface area contributed by atoms with E-state index in [1.807, 2.05) is 26.2 Å². The minimum Gasteiger partial charge on any atom is -0.378 e. The molecule has 0 heterocycles. The molecular formula is C17H21FN2. The highest BCUT2D eigenvalue weighted by Gasteiger charge is 2.00. The van der Waals surface area contributed by atoms with Crippen molar-refractivity contribution in [1.29, 1.82) is 0 Å². The van der Waals surface area contributed by atoms with Crippen LogP contribution in [0.3, 0.4) is 0 Å². The lowest BCUT2D eigenvalue weighted by Gasteiger charge is -2.13. The number of halogens is 1. The summed E-state index contributed by atoms with van der Waals surface area (Å²) in [6.45, 7) is 3.35. The van der Waals surface area contributed by atoms with Gasteiger partial charge in [0.25, 0.3) is 0 Å². The van der Waals surface area contributed by atoms with E-state index >= 15 is 0 Å². The molecule has 3 heteroatoms. The maximum atomic E-state index is 13.2. The topological polar surface area (TPSA) is 15.3 Å². The number of benzene rings is 2. The number of hydrogen-bond acceptors (Lipinski definition) is 2. The van der Waals surface area contributed by atoms with Gasteiger partial charge in [0.15, 0.2) is 0 Å². The van der Waals surface area contributed by atoms with Crippen molar-refractivity contribution in [3.63, 3.8) is 0 Å². The Kier molecular flexibility index (Phi) is 4.74. The number of nitrogens with one attached hydrogen (secondary N) is 1. The van der Waals surface area contributed by atoms with Crippen molar-refractivity contribution in [2.75, 3.05) is 19.0 Å². The fourth-order valence-electron chi connectivity index (χ4n) is 2.08. The standard InChI is InChI=1S/C17H21FN2/c1-13-10-15(6-9-17(13)18)12-19-11-14-4-7-16(8-5-14)20(2)3/h4-10,19H,11-12H2,1-3H3. The first-order valence-electron chi connectivity index (χ1n) is 6.78. The van der Waals surface area contributed by atoms with Crippen LogP contribution in [0.1, 0.15) is 16.7 Å². The predicted octanol–water partition coefficient (Wildman–Crippen LogP) is 3.49. The van der Waals surface area contributed by atoms with E-state index in [1.54, 1.807) is 6.92 Å². The normalized spacial score (nSPS) is 10.6. The van der Waals surface area contributed by atoms with Gasteiger partial charge in [0.2, 0.25) is 0 Å². The molecule has 106 valence electrons. The average molecular weight is 272 g/mol. The van der Waals surface area contributed by atoms with E-state index in [1.165, 1.54) is 17.3 Å². The monoisotopic (exact) mass is 272 g/mol. The van der Waals surface area contributed by atoms with Gasteiger partial charge in [0, 0.05) is 32.9 Å². The predicted molar refractivity (Wildman–Crippen MR) is 82.4 cm³/mol. The maximum absolute atomic E-state index is 13.2. The molecule has 2 aromatic rings. The highest BCUT2D eigenvalue weighted by molar-refractivity contribution is 5.45. The number of anilines is 1. The molecule has 2 aromatic carbocycles. The molecule has 0 saturated carbocycles. The summed E-state index contributed by atoms with van der Waals surface area (Å²) in [6.07, 6.45) is 0. The first kappa shape index (κ1) is 14.5. The third-order valence-electron chi connectivity index (χ3n) is 3.33. The van der Waals surface area contributed by atoms with E-state index < -0.39 is 0 Å². The second-order valence-electron chi connectivity index (χ2n) is 5.25. The van der Waals surface area contributed by atoms with E-state index in [4.69, 9.17) is 0 Å². The number of hydrogen-bond donors (Lipinski definition) is 1. The van der Waals surface area contributed by atoms with Crippen LogP contribution >= 0.6 is 0 Å². The van der Waals surface area contributed by atoms with Crippen LogP contribution in [0.15, 0.2) is 42.5 Å². The summed E-state index contributed by atoms with van der Waals surface area (Å²) in [5.74, 6) is -0.145. The second-order valence-corrected chi connectivity index (χ2v) is 5.25. The zero-order valence-corrected chi connectivity index (χ0v) is 12.3. The summed E-state index contributed by atoms with van der Waals surface area (Å²) in [4.78, 5) is 2.08. The molecule has 0 aromatic heterocycles. The third-order valence-corrected chi connectivity index (χ3v) is 3.33. The Hall–Kier alpha value is -1.87. The third kappa shape index (κ3) is 3.81. The van der Waals surface area contributed by atoms with Gasteiger partial charge in [-0.15, -0.1) is 0 Å². The van der Waals surface area contributed by atoms with Gasteiger partial charge >= 0.3 is 0 Å². The first-order chi connectivity index (χ1) is 9.56. The van der Waals surface area contributed by atoms with Crippen molar-refractivity contribution in [2.24, 2.45) is 0 Å². The Morgan fingerprint density at radius 3 is 2.15 bits per heavy atom. The van der Waals surface area contributed by atoms with Gasteiger partial charge in [-0.3, -0.25) is 0 Å². The number of nitrogens with zero attached hydrogens (tertiary/aromatic N) is 1. The van der Waals surface area contributed by atoms with Crippen LogP contribution in [0.25, 0.3) is 0 Å². The van der Waals surface area contributed by atoms with Crippen LogP contribution in [-0.2, 0) is 13.1 Å². The van der Waals surface area contributed by atoms with Crippen molar-refractivity contribution in [3.8, 4) is 0 Å². The zero-order valence-electron chi connectivity index (χ0n) is 12.3. The minimum atomic E-state index is -0.145. The van der Waals surface area contributed by atoms with E-state index in [0.29, 0.717) is 5.56 Å². The van der Waals surface area contributed by atoms with Crippen LogP contribution in [0, 0.1) is 12.7 Å². The highest BCUT2D eigenvalue weighted by atomic mass is 19.1. The molecule has 0 aliphatic carbocycles. The molecule has 0 radical (unpaired) electrons. The van der Waals surface area contributed by atoms with Gasteiger partial charge in [0.1, 0.15) is 5.82 Å². The van der Waals surface area contributed by atoms with Crippen molar-refractivity contribution in [1.82, 2.24) is 5.32 Å². The number of aryl methyl sites for hydroxylation is 1. The molecule has 0 atom stereocenters. The van der Waals surface area contributed by atoms with E-state index in [0.717, 1.165) is 18.7 Å². The number of rotatable bonds is 5. The van der Waals surface area contributed by atoms with Crippen molar-refractivity contribution >= 4 is 5.69 Å². The molecule has 2 rings (SSSR count). The Morgan fingerprint density at radius 2 is 1.55 bits per heavy atom. The lowest BCUT2D eigenvalue weighted by atomic mass is 10.1. The van der Waals surface area contributed by atoms with Crippen LogP contribution < -0.4 is 10.2 Å². The van der Waals surface area contributed by atoms with Gasteiger partial charge in [-0.2, -0.15) is 0 Å². The second kappa shape index (κ2) is 6.53. The van der Waals surface area contributed by atoms with Crippen LogP contribution in [0.4, 0.5) is 10.1 Å². The highest BCUT2D eigenvalue weighted by Crippen LogP contribution is 2.12. The van der Waals surface area contributed by atoms with E-state index in [-0.39, 0.29) is 5.82 Å². The SMILES string of the molecule is Cc1cc(CNCc2ccc(N(C)C)cc2)ccc1F. The molecule has 2 nitrogen and oxygen atoms in total. The van der Waals surface area contributed by atoms with Gasteiger partial charge in [-0.05, 0) is 41.8 Å². The van der Waals surface area contributed by atoms with Gasteiger partial charge in [0.05, 0.1) is 0 Å². The first-order valence-corrected chi connectivity index (χ1v) is 6.78. The molecule has 0 spiro atoms. The fourth-order valence-corrected chi connectivity index (χ4v) is 2.08. The quantitative estimate of drug-likeness (QED) is 0.896. The molecule has 0 saturated heterocycles. The Labute approximate surface area is 120 Å². The maximum Gasteiger partial charge on any atom is 0.126 e. The minimum absolute atomic E-state index is 0.145. The summed E-state index contributed by atoms with van der Waals surface area (Å²) < 4.78 is 13.2. The Morgan fingerprint density at radius 1 is 0.950 bits per heavy atom. The molecule has 0 bridgehead atoms. The zero-order chi connectivity index (χ0) is 14.5. The molecule has 1 N–H and O–H groups in total. The molecule has 0 aliphatic heterocycles. The van der Waals surface area contributed by atoms with Gasteiger partial charge in [-0.1, -0.05) is 24.3 Å². The van der Waals surface area contributed by atoms with Crippen LogP contribution in [-0.4, -0.2) is 14.1 Å². The van der Waals surface area contributed by atoms with Crippen molar-refractivity contribution < 1.29 is 4.39 Å². The molecular weight excluding hydrogens is 251 g/mol. The lowest BCUT2D eigenvalue weighted by Crippen LogP contribution is -2.13. The van der Waals surface area contributed by atoms with Crippen LogP contribution in [0.5, 0.6) is 0 Å². The fraction of sp³-hybridized carbons (Fsp3) is 0.294. The summed E-state index contributed by atoms with van der Waals surface area (Å²) >= 11 is 0. The molecule has 0 amide bonds. The molecule has 0 aliphatic rings. The Bertz CT molecular complexity index is 562. The average Bonchev–Trinajstić information content (AvgIpc) is 2.43. The summed E-state index contributed by atoms with van der Waals surface area (Å²) in [6, 6.07) is 13.7. The van der Waals surface area contributed by atoms with Crippen molar-refractivity contribution in [2.45, 2.75) is 20.0 Å². The molecule has 20 heavy (non-hydrogen) atoms. The van der Waals surface area contributed by atoms with E-state index in [9.17, 15) is 4.39 Å². The van der Waals surface area contributed by atoms with Gasteiger partial charge in [-0.25, -0.2) is 4.39 Å². The Balaban J connectivity index is 1.87. The van der Waals surface area contributed by atoms with Gasteiger partial charge < -0.3 is 10.2 Å². The van der Waals surface area contributed by atoms with Crippen LogP contribution in [0.2, 0.25) is 0 Å². The molecule has 0 fully saturated rings. The smallest absolute Gasteiger partial charge is 0.126 e. The van der Waals surface area contributed by atoms with E-state index in [2.05, 4.69) is 34.5 Å². The molecule has 0 unspecified atom stereocenters. The lowest BCUT2D eigenvalue weighted by molar-refractivity contribution is 0.615. The summed E-state index contributed by atoms with van der Waals surface area (Å²) in [5, 5.41) is 3.38. The summed E-state index contributed by atoms with van der Waals surface area (Å²) in [5.41, 5.74) is 4.24. The van der Waals surface area contributed by atoms with Crippen molar-refractivity contribution in [3.05, 3.63) is 65.0 Å².